The molecule has 9 heteroatoms. The number of benzene rings is 1. The highest BCUT2D eigenvalue weighted by Crippen LogP contribution is 2.28. The minimum atomic E-state index is -3.81. The fraction of sp³-hybridized carbons (Fsp3) is 0.375. The van der Waals surface area contributed by atoms with E-state index in [2.05, 4.69) is 15.2 Å². The Hall–Kier alpha value is -2.39. The van der Waals surface area contributed by atoms with Gasteiger partial charge in [-0.1, -0.05) is 5.16 Å². The quantitative estimate of drug-likeness (QED) is 0.839. The number of hydrogen-bond acceptors (Lipinski definition) is 6. The summed E-state index contributed by atoms with van der Waals surface area (Å²) in [6.07, 6.45) is 0. The molecule has 1 aromatic carbocycles. The first kappa shape index (κ1) is 17.4. The van der Waals surface area contributed by atoms with Crippen LogP contribution in [0.25, 0.3) is 0 Å². The first-order valence-electron chi connectivity index (χ1n) is 7.66. The molecule has 1 amide bonds. The largest absolute Gasteiger partial charge is 0.379 e. The van der Waals surface area contributed by atoms with E-state index in [1.54, 1.807) is 13.8 Å². The number of rotatable bonds is 5. The van der Waals surface area contributed by atoms with E-state index in [-0.39, 0.29) is 16.7 Å². The van der Waals surface area contributed by atoms with Crippen molar-refractivity contribution in [3.63, 3.8) is 0 Å². The minimum absolute atomic E-state index is 0.0529. The number of nitrogens with one attached hydrogen (secondary N) is 2. The molecule has 1 aromatic heterocycles. The van der Waals surface area contributed by atoms with E-state index in [1.807, 2.05) is 6.92 Å². The van der Waals surface area contributed by atoms with Crippen molar-refractivity contribution in [3.05, 3.63) is 35.5 Å². The van der Waals surface area contributed by atoms with E-state index in [4.69, 9.17) is 9.26 Å². The minimum Gasteiger partial charge on any atom is -0.379 e. The second-order valence-corrected chi connectivity index (χ2v) is 8.04. The summed E-state index contributed by atoms with van der Waals surface area (Å²) in [6, 6.07) is 5.90. The number of carbonyl (C=O) groups is 1. The molecule has 0 unspecified atom stereocenters. The third kappa shape index (κ3) is 3.38. The lowest BCUT2D eigenvalue weighted by atomic mass is 9.87. The third-order valence-electron chi connectivity index (χ3n) is 4.20. The zero-order valence-electron chi connectivity index (χ0n) is 14.1. The van der Waals surface area contributed by atoms with Gasteiger partial charge in [-0.05, 0) is 45.0 Å². The van der Waals surface area contributed by atoms with Crippen molar-refractivity contribution in [1.29, 1.82) is 0 Å². The number of aromatic nitrogens is 1. The monoisotopic (exact) mass is 365 g/mol. The van der Waals surface area contributed by atoms with Crippen LogP contribution in [0.4, 0.5) is 11.6 Å². The molecule has 134 valence electrons. The normalized spacial score (nSPS) is 16.1. The summed E-state index contributed by atoms with van der Waals surface area (Å²) < 4.78 is 37.2. The van der Waals surface area contributed by atoms with Crippen molar-refractivity contribution in [2.75, 3.05) is 23.3 Å². The summed E-state index contributed by atoms with van der Waals surface area (Å²) in [5.74, 6) is -0.0620. The smallest absolute Gasteiger partial charge is 0.264 e. The van der Waals surface area contributed by atoms with Gasteiger partial charge in [-0.25, -0.2) is 13.1 Å². The second-order valence-electron chi connectivity index (χ2n) is 6.36. The van der Waals surface area contributed by atoms with Crippen LogP contribution in [0.3, 0.4) is 0 Å². The maximum Gasteiger partial charge on any atom is 0.264 e. The van der Waals surface area contributed by atoms with Crippen molar-refractivity contribution >= 4 is 27.5 Å². The third-order valence-corrected chi connectivity index (χ3v) is 5.54. The number of aryl methyl sites for hydroxylation is 1. The summed E-state index contributed by atoms with van der Waals surface area (Å²) in [5, 5.41) is 6.48. The SMILES string of the molecule is Cc1noc(NS(=O)(=O)c2ccc(NC(=O)C3(C)COC3)cc2)c1C. The summed E-state index contributed by atoms with van der Waals surface area (Å²) >= 11 is 0. The molecule has 3 rings (SSSR count). The van der Waals surface area contributed by atoms with Gasteiger partial charge in [0, 0.05) is 11.3 Å². The fourth-order valence-corrected chi connectivity index (χ4v) is 3.28. The lowest BCUT2D eigenvalue weighted by Crippen LogP contribution is -2.49. The van der Waals surface area contributed by atoms with Crippen LogP contribution in [-0.4, -0.2) is 32.7 Å². The maximum absolute atomic E-state index is 12.4. The van der Waals surface area contributed by atoms with E-state index in [9.17, 15) is 13.2 Å². The van der Waals surface area contributed by atoms with Gasteiger partial charge in [0.2, 0.25) is 11.8 Å². The van der Waals surface area contributed by atoms with Gasteiger partial charge >= 0.3 is 0 Å². The van der Waals surface area contributed by atoms with Crippen molar-refractivity contribution in [1.82, 2.24) is 5.16 Å². The van der Waals surface area contributed by atoms with E-state index >= 15 is 0 Å². The molecule has 0 spiro atoms. The highest BCUT2D eigenvalue weighted by atomic mass is 32.2. The van der Waals surface area contributed by atoms with Gasteiger partial charge < -0.3 is 14.6 Å². The Morgan fingerprint density at radius 2 is 1.84 bits per heavy atom. The number of carbonyl (C=O) groups excluding carboxylic acids is 1. The van der Waals surface area contributed by atoms with Crippen LogP contribution >= 0.6 is 0 Å². The molecule has 2 aromatic rings. The topological polar surface area (TPSA) is 111 Å². The molecule has 0 saturated carbocycles. The van der Waals surface area contributed by atoms with Crippen molar-refractivity contribution in [2.45, 2.75) is 25.7 Å². The molecule has 0 aliphatic carbocycles. The van der Waals surface area contributed by atoms with Gasteiger partial charge in [0.15, 0.2) is 0 Å². The van der Waals surface area contributed by atoms with Crippen LogP contribution < -0.4 is 10.0 Å². The summed E-state index contributed by atoms with van der Waals surface area (Å²) in [6.45, 7) is 6.02. The van der Waals surface area contributed by atoms with E-state index in [1.165, 1.54) is 24.3 Å². The van der Waals surface area contributed by atoms with Crippen LogP contribution in [-0.2, 0) is 19.6 Å². The lowest BCUT2D eigenvalue weighted by molar-refractivity contribution is -0.151. The molecular weight excluding hydrogens is 346 g/mol. The average Bonchev–Trinajstić information content (AvgIpc) is 2.84. The van der Waals surface area contributed by atoms with Gasteiger partial charge in [-0.15, -0.1) is 0 Å². The zero-order valence-corrected chi connectivity index (χ0v) is 14.9. The van der Waals surface area contributed by atoms with Gasteiger partial charge in [0.25, 0.3) is 10.0 Å². The molecule has 1 saturated heterocycles. The standard InChI is InChI=1S/C16H19N3O5S/c1-10-11(2)18-24-14(10)19-25(21,22)13-6-4-12(5-7-13)17-15(20)16(3)8-23-9-16/h4-7,19H,8-9H2,1-3H3,(H,17,20). The molecule has 1 aliphatic heterocycles. The van der Waals surface area contributed by atoms with E-state index in [0.29, 0.717) is 30.2 Å². The van der Waals surface area contributed by atoms with Crippen LogP contribution in [0.1, 0.15) is 18.2 Å². The molecule has 8 nitrogen and oxygen atoms in total. The number of anilines is 2. The molecule has 1 fully saturated rings. The first-order valence-corrected chi connectivity index (χ1v) is 9.14. The van der Waals surface area contributed by atoms with Gasteiger partial charge in [0.1, 0.15) is 0 Å². The number of hydrogen-bond donors (Lipinski definition) is 2. The van der Waals surface area contributed by atoms with Crippen LogP contribution in [0, 0.1) is 19.3 Å². The zero-order chi connectivity index (χ0) is 18.2. The summed E-state index contributed by atoms with van der Waals surface area (Å²) in [7, 11) is -3.81. The van der Waals surface area contributed by atoms with Crippen LogP contribution in [0.5, 0.6) is 0 Å². The Morgan fingerprint density at radius 3 is 2.32 bits per heavy atom. The predicted molar refractivity (Wildman–Crippen MR) is 90.8 cm³/mol. The number of amides is 1. The average molecular weight is 365 g/mol. The van der Waals surface area contributed by atoms with Crippen LogP contribution in [0.15, 0.2) is 33.7 Å². The molecular formula is C16H19N3O5S. The van der Waals surface area contributed by atoms with Crippen molar-refractivity contribution < 1.29 is 22.5 Å². The molecule has 1 aliphatic rings. The van der Waals surface area contributed by atoms with Crippen LogP contribution in [0.2, 0.25) is 0 Å². The Kier molecular flexibility index (Phi) is 4.29. The van der Waals surface area contributed by atoms with Gasteiger partial charge in [-0.2, -0.15) is 0 Å². The number of sulfonamides is 1. The predicted octanol–water partition coefficient (Wildman–Crippen LogP) is 2.07. The first-order chi connectivity index (χ1) is 11.7. The maximum atomic E-state index is 12.4. The second kappa shape index (κ2) is 6.16. The molecule has 0 bridgehead atoms. The molecule has 2 N–H and O–H groups in total. The fourth-order valence-electron chi connectivity index (χ4n) is 2.23. The summed E-state index contributed by atoms with van der Waals surface area (Å²) in [4.78, 5) is 12.2. The van der Waals surface area contributed by atoms with Crippen molar-refractivity contribution in [3.8, 4) is 0 Å². The molecule has 0 atom stereocenters. The number of ether oxygens (including phenoxy) is 1. The van der Waals surface area contributed by atoms with Gasteiger partial charge in [0.05, 0.1) is 29.2 Å². The Balaban J connectivity index is 1.72. The molecule has 0 radical (unpaired) electrons. The number of nitrogens with zero attached hydrogens (tertiary/aromatic N) is 1. The van der Waals surface area contributed by atoms with Gasteiger partial charge in [-0.3, -0.25) is 4.79 Å². The highest BCUT2D eigenvalue weighted by molar-refractivity contribution is 7.92. The Bertz CT molecular complexity index is 898. The molecule has 2 heterocycles. The Labute approximate surface area is 145 Å². The summed E-state index contributed by atoms with van der Waals surface area (Å²) in [5.41, 5.74) is 1.23. The Morgan fingerprint density at radius 1 is 1.20 bits per heavy atom. The molecule has 25 heavy (non-hydrogen) atoms. The lowest BCUT2D eigenvalue weighted by Gasteiger charge is -2.36. The van der Waals surface area contributed by atoms with Crippen molar-refractivity contribution in [2.24, 2.45) is 5.41 Å². The highest BCUT2D eigenvalue weighted by Gasteiger charge is 2.41. The van der Waals surface area contributed by atoms with E-state index < -0.39 is 15.4 Å². The van der Waals surface area contributed by atoms with E-state index in [0.717, 1.165) is 0 Å².